The summed E-state index contributed by atoms with van der Waals surface area (Å²) in [6, 6.07) is 16.0. The summed E-state index contributed by atoms with van der Waals surface area (Å²) in [4.78, 5) is 13.5. The lowest BCUT2D eigenvalue weighted by molar-refractivity contribution is 0.0827. The highest BCUT2D eigenvalue weighted by Crippen LogP contribution is 2.21. The molecule has 0 bridgehead atoms. The summed E-state index contributed by atoms with van der Waals surface area (Å²) in [5.74, 6) is 0.0319. The number of carbonyl (C=O) groups excluding carboxylic acids is 1. The Kier molecular flexibility index (Phi) is 5.98. The number of rotatable bonds is 2. The Morgan fingerprint density at radius 3 is 2.00 bits per heavy atom. The number of nitrogens with zero attached hydrogens (tertiary/aromatic N) is 1. The first-order valence-electron chi connectivity index (χ1n) is 6.96. The summed E-state index contributed by atoms with van der Waals surface area (Å²) in [7, 11) is 3.53. The van der Waals surface area contributed by atoms with Crippen molar-refractivity contribution < 1.29 is 4.79 Å². The largest absolute Gasteiger partial charge is 0.345 e. The van der Waals surface area contributed by atoms with E-state index in [0.717, 1.165) is 16.7 Å². The Hall–Kier alpha value is -2.09. The summed E-state index contributed by atoms with van der Waals surface area (Å²) in [6.07, 6.45) is 0. The Morgan fingerprint density at radius 2 is 1.45 bits per heavy atom. The molecule has 20 heavy (non-hydrogen) atoms. The topological polar surface area (TPSA) is 20.3 Å². The molecule has 0 spiro atoms. The van der Waals surface area contributed by atoms with Gasteiger partial charge in [-0.05, 0) is 30.2 Å². The van der Waals surface area contributed by atoms with Crippen molar-refractivity contribution in [2.75, 3.05) is 14.1 Å². The minimum atomic E-state index is 0.0319. The van der Waals surface area contributed by atoms with E-state index < -0.39 is 0 Å². The number of carbonyl (C=O) groups is 1. The van der Waals surface area contributed by atoms with Crippen molar-refractivity contribution in [2.45, 2.75) is 20.8 Å². The van der Waals surface area contributed by atoms with Gasteiger partial charge in [0.05, 0.1) is 0 Å². The molecule has 0 saturated heterocycles. The first kappa shape index (κ1) is 16.0. The van der Waals surface area contributed by atoms with Crippen LogP contribution in [0.15, 0.2) is 48.5 Å². The Labute approximate surface area is 122 Å². The van der Waals surface area contributed by atoms with Crippen molar-refractivity contribution in [3.05, 3.63) is 59.7 Å². The monoisotopic (exact) mass is 269 g/mol. The highest BCUT2D eigenvalue weighted by molar-refractivity contribution is 5.95. The second-order valence-electron chi connectivity index (χ2n) is 4.65. The van der Waals surface area contributed by atoms with Crippen molar-refractivity contribution in [2.24, 2.45) is 0 Å². The molecule has 0 aliphatic heterocycles. The second-order valence-corrected chi connectivity index (χ2v) is 4.65. The molecule has 0 aromatic heterocycles. The molecule has 2 rings (SSSR count). The molecule has 0 N–H and O–H groups in total. The molecule has 0 aliphatic rings. The van der Waals surface area contributed by atoms with E-state index in [1.54, 1.807) is 19.0 Å². The SMILES string of the molecule is CC.Cc1cccc(-c2cccc(C(=O)N(C)C)c2)c1. The van der Waals surface area contributed by atoms with Crippen LogP contribution in [-0.4, -0.2) is 24.9 Å². The summed E-state index contributed by atoms with van der Waals surface area (Å²) in [6.45, 7) is 6.07. The number of hydrogen-bond acceptors (Lipinski definition) is 1. The van der Waals surface area contributed by atoms with E-state index in [1.807, 2.05) is 44.2 Å². The highest BCUT2D eigenvalue weighted by atomic mass is 16.2. The van der Waals surface area contributed by atoms with Gasteiger partial charge < -0.3 is 4.90 Å². The minimum Gasteiger partial charge on any atom is -0.345 e. The zero-order valence-corrected chi connectivity index (χ0v) is 13.0. The average Bonchev–Trinajstić information content (AvgIpc) is 2.48. The third-order valence-electron chi connectivity index (χ3n) is 2.87. The second kappa shape index (κ2) is 7.49. The molecule has 0 fully saturated rings. The van der Waals surface area contributed by atoms with Gasteiger partial charge in [-0.2, -0.15) is 0 Å². The van der Waals surface area contributed by atoms with Crippen LogP contribution in [0.1, 0.15) is 29.8 Å². The average molecular weight is 269 g/mol. The smallest absolute Gasteiger partial charge is 0.253 e. The molecule has 2 aromatic rings. The van der Waals surface area contributed by atoms with Gasteiger partial charge in [0.25, 0.3) is 5.91 Å². The predicted molar refractivity (Wildman–Crippen MR) is 86.0 cm³/mol. The van der Waals surface area contributed by atoms with Gasteiger partial charge in [-0.15, -0.1) is 0 Å². The molecular weight excluding hydrogens is 246 g/mol. The maximum Gasteiger partial charge on any atom is 0.253 e. The number of amides is 1. The van der Waals surface area contributed by atoms with Crippen LogP contribution in [0.4, 0.5) is 0 Å². The molecule has 2 aromatic carbocycles. The van der Waals surface area contributed by atoms with Gasteiger partial charge in [0.2, 0.25) is 0 Å². The summed E-state index contributed by atoms with van der Waals surface area (Å²) >= 11 is 0. The lowest BCUT2D eigenvalue weighted by Gasteiger charge is -2.11. The molecule has 0 saturated carbocycles. The molecule has 0 unspecified atom stereocenters. The fourth-order valence-corrected chi connectivity index (χ4v) is 1.91. The Morgan fingerprint density at radius 1 is 0.900 bits per heavy atom. The molecule has 0 heterocycles. The Balaban J connectivity index is 0.000000956. The lowest BCUT2D eigenvalue weighted by Crippen LogP contribution is -2.21. The van der Waals surface area contributed by atoms with E-state index in [2.05, 4.69) is 25.1 Å². The van der Waals surface area contributed by atoms with E-state index in [9.17, 15) is 4.79 Å². The summed E-state index contributed by atoms with van der Waals surface area (Å²) < 4.78 is 0. The van der Waals surface area contributed by atoms with E-state index >= 15 is 0 Å². The van der Waals surface area contributed by atoms with Crippen molar-refractivity contribution >= 4 is 5.91 Å². The molecule has 106 valence electrons. The van der Waals surface area contributed by atoms with Crippen LogP contribution in [0, 0.1) is 6.92 Å². The molecule has 1 amide bonds. The van der Waals surface area contributed by atoms with E-state index in [0.29, 0.717) is 0 Å². The molecule has 0 atom stereocenters. The van der Waals surface area contributed by atoms with Crippen LogP contribution in [0.2, 0.25) is 0 Å². The quantitative estimate of drug-likeness (QED) is 0.791. The minimum absolute atomic E-state index is 0.0319. The highest BCUT2D eigenvalue weighted by Gasteiger charge is 2.08. The van der Waals surface area contributed by atoms with Crippen LogP contribution in [0.3, 0.4) is 0 Å². The number of benzene rings is 2. The van der Waals surface area contributed by atoms with Crippen LogP contribution >= 0.6 is 0 Å². The zero-order valence-electron chi connectivity index (χ0n) is 13.0. The van der Waals surface area contributed by atoms with Crippen molar-refractivity contribution in [3.8, 4) is 11.1 Å². The summed E-state index contributed by atoms with van der Waals surface area (Å²) in [5, 5.41) is 0. The van der Waals surface area contributed by atoms with Crippen LogP contribution in [0.25, 0.3) is 11.1 Å². The van der Waals surface area contributed by atoms with Gasteiger partial charge in [-0.3, -0.25) is 4.79 Å². The van der Waals surface area contributed by atoms with Gasteiger partial charge in [0.15, 0.2) is 0 Å². The van der Waals surface area contributed by atoms with Gasteiger partial charge in [0.1, 0.15) is 0 Å². The maximum atomic E-state index is 11.9. The van der Waals surface area contributed by atoms with Crippen LogP contribution in [-0.2, 0) is 0 Å². The van der Waals surface area contributed by atoms with Crippen LogP contribution < -0.4 is 0 Å². The molecule has 2 heteroatoms. The Bertz CT molecular complexity index is 573. The van der Waals surface area contributed by atoms with Crippen molar-refractivity contribution in [1.29, 1.82) is 0 Å². The lowest BCUT2D eigenvalue weighted by atomic mass is 10.0. The first-order valence-corrected chi connectivity index (χ1v) is 6.96. The predicted octanol–water partition coefficient (Wildman–Crippen LogP) is 4.39. The maximum absolute atomic E-state index is 11.9. The molecular formula is C18H23NO. The van der Waals surface area contributed by atoms with Crippen molar-refractivity contribution in [1.82, 2.24) is 4.90 Å². The third-order valence-corrected chi connectivity index (χ3v) is 2.87. The van der Waals surface area contributed by atoms with Gasteiger partial charge in [0, 0.05) is 19.7 Å². The normalized spacial score (nSPS) is 9.45. The van der Waals surface area contributed by atoms with Crippen LogP contribution in [0.5, 0.6) is 0 Å². The standard InChI is InChI=1S/C16H17NO.C2H6/c1-12-6-4-7-13(10-12)14-8-5-9-15(11-14)16(18)17(2)3;1-2/h4-11H,1-3H3;1-2H3. The fourth-order valence-electron chi connectivity index (χ4n) is 1.91. The van der Waals surface area contributed by atoms with E-state index in [-0.39, 0.29) is 5.91 Å². The first-order chi connectivity index (χ1) is 9.58. The number of hydrogen-bond donors (Lipinski definition) is 0. The molecule has 0 radical (unpaired) electrons. The van der Waals surface area contributed by atoms with Gasteiger partial charge in [-0.25, -0.2) is 0 Å². The third kappa shape index (κ3) is 3.95. The molecule has 0 aliphatic carbocycles. The summed E-state index contributed by atoms with van der Waals surface area (Å²) in [5.41, 5.74) is 4.16. The van der Waals surface area contributed by atoms with E-state index in [1.165, 1.54) is 5.56 Å². The van der Waals surface area contributed by atoms with Gasteiger partial charge in [-0.1, -0.05) is 55.8 Å². The van der Waals surface area contributed by atoms with Crippen molar-refractivity contribution in [3.63, 3.8) is 0 Å². The fraction of sp³-hybridized carbons (Fsp3) is 0.278. The zero-order chi connectivity index (χ0) is 15.1. The van der Waals surface area contributed by atoms with E-state index in [4.69, 9.17) is 0 Å². The number of aryl methyl sites for hydroxylation is 1. The molecule has 2 nitrogen and oxygen atoms in total. The van der Waals surface area contributed by atoms with Gasteiger partial charge >= 0.3 is 0 Å².